The summed E-state index contributed by atoms with van der Waals surface area (Å²) in [7, 11) is 6.25. The molecular formula is C26H58ClNSi. The molecule has 29 heavy (non-hydrogen) atoms. The van der Waals surface area contributed by atoms with Crippen LogP contribution in [0, 0.1) is 5.92 Å². The fourth-order valence-electron chi connectivity index (χ4n) is 4.44. The van der Waals surface area contributed by atoms with E-state index in [1.54, 1.807) is 0 Å². The van der Waals surface area contributed by atoms with Crippen LogP contribution in [0.5, 0.6) is 0 Å². The van der Waals surface area contributed by atoms with Crippen LogP contribution >= 0.6 is 0 Å². The first-order valence-electron chi connectivity index (χ1n) is 13.1. The molecule has 0 aromatic rings. The van der Waals surface area contributed by atoms with Gasteiger partial charge in [0.05, 0.1) is 26.2 Å². The fourth-order valence-corrected chi connectivity index (χ4v) is 5.44. The van der Waals surface area contributed by atoms with Crippen molar-refractivity contribution >= 4 is 10.2 Å². The van der Waals surface area contributed by atoms with Gasteiger partial charge in [-0.25, -0.2) is 0 Å². The molecule has 3 heteroatoms. The van der Waals surface area contributed by atoms with E-state index in [0.717, 1.165) is 5.92 Å². The molecule has 0 saturated carbocycles. The third-order valence-electron chi connectivity index (χ3n) is 7.95. The van der Waals surface area contributed by atoms with Crippen LogP contribution in [0.2, 0.25) is 6.04 Å². The zero-order chi connectivity index (χ0) is 21.3. The van der Waals surface area contributed by atoms with E-state index in [1.165, 1.54) is 130 Å². The second-order valence-corrected chi connectivity index (χ2v) is 11.5. The third kappa shape index (κ3) is 15.0. The van der Waals surface area contributed by atoms with Crippen molar-refractivity contribution in [3.05, 3.63) is 0 Å². The van der Waals surface area contributed by atoms with E-state index >= 15 is 0 Å². The monoisotopic (exact) mass is 447 g/mol. The van der Waals surface area contributed by atoms with Crippen LogP contribution in [0.4, 0.5) is 0 Å². The standard InChI is InChI=1S/C26H58NSi.ClH/c1-7-8-9-10-11-12-13-14-15-16-17-18-19-20-21-22-23-27(5,6)26(3,4)25(2)24-28;/h25H,7-24H2,1-6,28H3;1H/q+1;/p-1. The molecule has 0 aromatic heterocycles. The molecule has 0 radical (unpaired) electrons. The summed E-state index contributed by atoms with van der Waals surface area (Å²) in [6.07, 6.45) is 23.3. The first kappa shape index (κ1) is 31.7. The van der Waals surface area contributed by atoms with Crippen molar-refractivity contribution < 1.29 is 16.9 Å². The molecule has 0 amide bonds. The van der Waals surface area contributed by atoms with E-state index in [1.807, 2.05) is 0 Å². The number of hydrogen-bond donors (Lipinski definition) is 0. The maximum atomic E-state index is 2.49. The van der Waals surface area contributed by atoms with Gasteiger partial charge in [-0.1, -0.05) is 110 Å². The second-order valence-electron chi connectivity index (χ2n) is 10.7. The van der Waals surface area contributed by atoms with Crippen LogP contribution in [0.3, 0.4) is 0 Å². The third-order valence-corrected chi connectivity index (χ3v) is 9.17. The topological polar surface area (TPSA) is 0 Å². The summed E-state index contributed by atoms with van der Waals surface area (Å²) in [6.45, 7) is 11.1. The average molecular weight is 448 g/mol. The van der Waals surface area contributed by atoms with Gasteiger partial charge in [0.15, 0.2) is 0 Å². The highest BCUT2D eigenvalue weighted by Crippen LogP contribution is 2.31. The first-order valence-corrected chi connectivity index (χ1v) is 14.5. The molecule has 0 aliphatic carbocycles. The van der Waals surface area contributed by atoms with E-state index in [-0.39, 0.29) is 12.4 Å². The number of nitrogens with zero attached hydrogens (tertiary/aromatic N) is 1. The zero-order valence-electron chi connectivity index (χ0n) is 21.6. The zero-order valence-corrected chi connectivity index (χ0v) is 24.4. The van der Waals surface area contributed by atoms with Crippen molar-refractivity contribution in [2.24, 2.45) is 5.92 Å². The molecule has 0 N–H and O–H groups in total. The second kappa shape index (κ2) is 19.2. The van der Waals surface area contributed by atoms with Gasteiger partial charge in [0.25, 0.3) is 0 Å². The van der Waals surface area contributed by atoms with E-state index in [2.05, 4.69) is 41.8 Å². The lowest BCUT2D eigenvalue weighted by Gasteiger charge is -2.48. The van der Waals surface area contributed by atoms with Gasteiger partial charge in [0.2, 0.25) is 0 Å². The van der Waals surface area contributed by atoms with Crippen molar-refractivity contribution in [2.45, 2.75) is 142 Å². The molecule has 0 rings (SSSR count). The highest BCUT2D eigenvalue weighted by molar-refractivity contribution is 6.08. The van der Waals surface area contributed by atoms with E-state index < -0.39 is 0 Å². The highest BCUT2D eigenvalue weighted by Gasteiger charge is 2.39. The molecule has 0 bridgehead atoms. The van der Waals surface area contributed by atoms with Crippen molar-refractivity contribution in [1.82, 2.24) is 0 Å². The molecule has 0 heterocycles. The number of hydrogen-bond acceptors (Lipinski definition) is 0. The number of unbranched alkanes of at least 4 members (excludes halogenated alkanes) is 15. The average Bonchev–Trinajstić information content (AvgIpc) is 2.66. The Morgan fingerprint density at radius 1 is 0.655 bits per heavy atom. The largest absolute Gasteiger partial charge is 1.00 e. The van der Waals surface area contributed by atoms with Crippen molar-refractivity contribution in [1.29, 1.82) is 0 Å². The summed E-state index contributed by atoms with van der Waals surface area (Å²) < 4.78 is 1.19. The maximum absolute atomic E-state index is 2.49. The van der Waals surface area contributed by atoms with Crippen LogP contribution in [-0.2, 0) is 0 Å². The molecule has 0 fully saturated rings. The normalized spacial score (nSPS) is 13.4. The molecule has 0 aromatic carbocycles. The molecule has 0 aliphatic rings. The number of quaternary nitrogens is 1. The number of halogens is 1. The fraction of sp³-hybridized carbons (Fsp3) is 1.00. The Balaban J connectivity index is 0. The Hall–Kier alpha value is 0.467. The number of rotatable bonds is 20. The molecule has 0 saturated heterocycles. The van der Waals surface area contributed by atoms with E-state index in [0.29, 0.717) is 5.54 Å². The Morgan fingerprint density at radius 3 is 1.28 bits per heavy atom. The van der Waals surface area contributed by atoms with Crippen molar-refractivity contribution in [3.8, 4) is 0 Å². The van der Waals surface area contributed by atoms with Gasteiger partial charge in [-0.05, 0) is 26.7 Å². The summed E-state index contributed by atoms with van der Waals surface area (Å²) in [5.74, 6) is 0.843. The quantitative estimate of drug-likeness (QED) is 0.146. The minimum atomic E-state index is 0. The summed E-state index contributed by atoms with van der Waals surface area (Å²) in [4.78, 5) is 0. The van der Waals surface area contributed by atoms with Crippen molar-refractivity contribution in [2.75, 3.05) is 20.6 Å². The molecule has 0 aliphatic heterocycles. The van der Waals surface area contributed by atoms with Gasteiger partial charge in [0, 0.05) is 16.2 Å². The van der Waals surface area contributed by atoms with Gasteiger partial charge in [-0.2, -0.15) is 0 Å². The Labute approximate surface area is 195 Å². The molecule has 178 valence electrons. The van der Waals surface area contributed by atoms with Crippen LogP contribution in [0.15, 0.2) is 0 Å². The molecule has 1 atom stereocenters. The van der Waals surface area contributed by atoms with Gasteiger partial charge >= 0.3 is 0 Å². The minimum absolute atomic E-state index is 0. The van der Waals surface area contributed by atoms with Crippen molar-refractivity contribution in [3.63, 3.8) is 0 Å². The van der Waals surface area contributed by atoms with Crippen LogP contribution in [0.25, 0.3) is 0 Å². The predicted molar refractivity (Wildman–Crippen MR) is 135 cm³/mol. The summed E-state index contributed by atoms with van der Waals surface area (Å²) in [5, 5.41) is 0. The lowest BCUT2D eigenvalue weighted by Crippen LogP contribution is -3.00. The lowest BCUT2D eigenvalue weighted by molar-refractivity contribution is -0.942. The SMILES string of the molecule is CCCCCCCCCCCCCCCCCC[N+](C)(C)C(C)(C)C(C)C[SiH3].[Cl-]. The minimum Gasteiger partial charge on any atom is -1.00 e. The molecular weight excluding hydrogens is 390 g/mol. The summed E-state index contributed by atoms with van der Waals surface area (Å²) >= 11 is 0. The van der Waals surface area contributed by atoms with Crippen LogP contribution in [-0.4, -0.2) is 40.9 Å². The lowest BCUT2D eigenvalue weighted by atomic mass is 9.86. The molecule has 1 unspecified atom stereocenters. The van der Waals surface area contributed by atoms with E-state index in [9.17, 15) is 0 Å². The highest BCUT2D eigenvalue weighted by atomic mass is 35.5. The van der Waals surface area contributed by atoms with Gasteiger partial charge in [-0.3, -0.25) is 0 Å². The van der Waals surface area contributed by atoms with Crippen LogP contribution in [0.1, 0.15) is 130 Å². The van der Waals surface area contributed by atoms with Crippen LogP contribution < -0.4 is 12.4 Å². The Kier molecular flexibility index (Phi) is 20.9. The van der Waals surface area contributed by atoms with E-state index in [4.69, 9.17) is 0 Å². The Morgan fingerprint density at radius 2 is 0.966 bits per heavy atom. The van der Waals surface area contributed by atoms with Gasteiger partial charge in [-0.15, -0.1) is 0 Å². The molecule has 1 nitrogen and oxygen atoms in total. The van der Waals surface area contributed by atoms with Gasteiger partial charge < -0.3 is 16.9 Å². The van der Waals surface area contributed by atoms with Gasteiger partial charge in [0.1, 0.15) is 0 Å². The first-order chi connectivity index (χ1) is 13.3. The summed E-state index contributed by atoms with van der Waals surface area (Å²) in [5.41, 5.74) is 0.414. The Bertz CT molecular complexity index is 344. The molecule has 0 spiro atoms. The predicted octanol–water partition coefficient (Wildman–Crippen LogP) is 4.53. The maximum Gasteiger partial charge on any atom is 0.0954 e. The smallest absolute Gasteiger partial charge is 0.0954 e. The summed E-state index contributed by atoms with van der Waals surface area (Å²) in [6, 6.07) is 1.42.